The standard InChI is InChI=1S/C20H21N3O3/c1-12-17(21-13(2)24)5-4-6-18(12)22-20(26)16-7-8-19-15(11-16)9-10-23(19)14(3)25/h4-8,11H,9-10H2,1-3H3,(H,21,24)(H,22,26). The molecule has 0 unspecified atom stereocenters. The number of carbonyl (C=O) groups excluding carboxylic acids is 3. The topological polar surface area (TPSA) is 78.5 Å². The lowest BCUT2D eigenvalue weighted by molar-refractivity contribution is -0.116. The molecule has 26 heavy (non-hydrogen) atoms. The Bertz CT molecular complexity index is 905. The monoisotopic (exact) mass is 351 g/mol. The van der Waals surface area contributed by atoms with Gasteiger partial charge in [0.05, 0.1) is 0 Å². The molecule has 6 nitrogen and oxygen atoms in total. The highest BCUT2D eigenvalue weighted by Gasteiger charge is 2.23. The van der Waals surface area contributed by atoms with Gasteiger partial charge in [-0.2, -0.15) is 0 Å². The summed E-state index contributed by atoms with van der Waals surface area (Å²) in [5, 5.41) is 5.64. The van der Waals surface area contributed by atoms with E-state index in [1.807, 2.05) is 19.1 Å². The van der Waals surface area contributed by atoms with Crippen LogP contribution in [-0.4, -0.2) is 24.3 Å². The SMILES string of the molecule is CC(=O)Nc1cccc(NC(=O)c2ccc3c(c2)CCN3C(C)=O)c1C. The molecule has 0 atom stereocenters. The molecule has 2 aromatic carbocycles. The minimum absolute atomic E-state index is 0.00589. The van der Waals surface area contributed by atoms with E-state index < -0.39 is 0 Å². The minimum atomic E-state index is -0.225. The fourth-order valence-corrected chi connectivity index (χ4v) is 3.16. The molecule has 0 saturated carbocycles. The Kier molecular flexibility index (Phi) is 4.75. The molecular weight excluding hydrogens is 330 g/mol. The van der Waals surface area contributed by atoms with Crippen LogP contribution in [0.1, 0.15) is 35.3 Å². The molecule has 134 valence electrons. The van der Waals surface area contributed by atoms with Crippen molar-refractivity contribution in [3.05, 3.63) is 53.1 Å². The minimum Gasteiger partial charge on any atom is -0.326 e. The maximum Gasteiger partial charge on any atom is 0.255 e. The first-order valence-corrected chi connectivity index (χ1v) is 8.46. The fraction of sp³-hybridized carbons (Fsp3) is 0.250. The molecule has 0 radical (unpaired) electrons. The molecule has 2 N–H and O–H groups in total. The van der Waals surface area contributed by atoms with Crippen LogP contribution in [0, 0.1) is 6.92 Å². The van der Waals surface area contributed by atoms with E-state index in [0.29, 0.717) is 23.5 Å². The zero-order valence-corrected chi connectivity index (χ0v) is 15.1. The van der Waals surface area contributed by atoms with Gasteiger partial charge in [-0.05, 0) is 54.8 Å². The summed E-state index contributed by atoms with van der Waals surface area (Å²) in [6.45, 7) is 5.47. The highest BCUT2D eigenvalue weighted by molar-refractivity contribution is 6.06. The van der Waals surface area contributed by atoms with Crippen LogP contribution in [-0.2, 0) is 16.0 Å². The maximum absolute atomic E-state index is 12.6. The lowest BCUT2D eigenvalue weighted by Gasteiger charge is -2.15. The Labute approximate surface area is 152 Å². The van der Waals surface area contributed by atoms with Gasteiger partial charge in [-0.1, -0.05) is 6.07 Å². The highest BCUT2D eigenvalue weighted by Crippen LogP contribution is 2.29. The number of hydrogen-bond donors (Lipinski definition) is 2. The van der Waals surface area contributed by atoms with Crippen molar-refractivity contribution in [3.8, 4) is 0 Å². The van der Waals surface area contributed by atoms with Gasteiger partial charge in [0.15, 0.2) is 0 Å². The summed E-state index contributed by atoms with van der Waals surface area (Å²) in [7, 11) is 0. The number of carbonyl (C=O) groups is 3. The molecule has 3 amide bonds. The van der Waals surface area contributed by atoms with Gasteiger partial charge in [0.2, 0.25) is 11.8 Å². The van der Waals surface area contributed by atoms with Crippen LogP contribution in [0.5, 0.6) is 0 Å². The van der Waals surface area contributed by atoms with Crippen LogP contribution in [0.15, 0.2) is 36.4 Å². The van der Waals surface area contributed by atoms with Crippen LogP contribution in [0.25, 0.3) is 0 Å². The van der Waals surface area contributed by atoms with E-state index in [-0.39, 0.29) is 17.7 Å². The largest absolute Gasteiger partial charge is 0.326 e. The van der Waals surface area contributed by atoms with E-state index in [1.54, 1.807) is 36.1 Å². The maximum atomic E-state index is 12.6. The molecule has 0 fully saturated rings. The Hall–Kier alpha value is -3.15. The number of hydrogen-bond acceptors (Lipinski definition) is 3. The van der Waals surface area contributed by atoms with Crippen molar-refractivity contribution < 1.29 is 14.4 Å². The third-order valence-electron chi connectivity index (χ3n) is 4.51. The second kappa shape index (κ2) is 7.00. The third-order valence-corrected chi connectivity index (χ3v) is 4.51. The van der Waals surface area contributed by atoms with Gasteiger partial charge in [0.25, 0.3) is 5.91 Å². The van der Waals surface area contributed by atoms with Crippen LogP contribution in [0.4, 0.5) is 17.1 Å². The normalized spacial score (nSPS) is 12.5. The molecule has 0 bridgehead atoms. The van der Waals surface area contributed by atoms with Crippen molar-refractivity contribution in [1.29, 1.82) is 0 Å². The lowest BCUT2D eigenvalue weighted by atomic mass is 10.1. The molecule has 0 saturated heterocycles. The predicted octanol–water partition coefficient (Wildman–Crippen LogP) is 3.11. The van der Waals surface area contributed by atoms with Gasteiger partial charge in [-0.25, -0.2) is 0 Å². The molecule has 0 aliphatic carbocycles. The summed E-state index contributed by atoms with van der Waals surface area (Å²) in [6, 6.07) is 10.7. The summed E-state index contributed by atoms with van der Waals surface area (Å²) in [5.74, 6) is -0.381. The first-order valence-electron chi connectivity index (χ1n) is 8.46. The van der Waals surface area contributed by atoms with Crippen molar-refractivity contribution in [2.75, 3.05) is 22.1 Å². The van der Waals surface area contributed by atoms with Crippen molar-refractivity contribution in [2.45, 2.75) is 27.2 Å². The van der Waals surface area contributed by atoms with E-state index in [0.717, 1.165) is 23.2 Å². The summed E-state index contributed by atoms with van der Waals surface area (Å²) in [5.41, 5.74) is 4.52. The summed E-state index contributed by atoms with van der Waals surface area (Å²) in [6.07, 6.45) is 0.743. The summed E-state index contributed by atoms with van der Waals surface area (Å²) < 4.78 is 0. The fourth-order valence-electron chi connectivity index (χ4n) is 3.16. The van der Waals surface area contributed by atoms with Crippen LogP contribution in [0.3, 0.4) is 0 Å². The Balaban J connectivity index is 1.81. The van der Waals surface area contributed by atoms with E-state index >= 15 is 0 Å². The molecule has 3 rings (SSSR count). The first kappa shape index (κ1) is 17.7. The first-order chi connectivity index (χ1) is 12.4. The average molecular weight is 351 g/mol. The number of benzene rings is 2. The number of amides is 3. The molecule has 0 aromatic heterocycles. The summed E-state index contributed by atoms with van der Waals surface area (Å²) >= 11 is 0. The number of nitrogens with zero attached hydrogens (tertiary/aromatic N) is 1. The highest BCUT2D eigenvalue weighted by atomic mass is 16.2. The Morgan fingerprint density at radius 3 is 2.35 bits per heavy atom. The van der Waals surface area contributed by atoms with Crippen LogP contribution in [0.2, 0.25) is 0 Å². The smallest absolute Gasteiger partial charge is 0.255 e. The number of rotatable bonds is 3. The van der Waals surface area contributed by atoms with E-state index in [1.165, 1.54) is 6.92 Å². The van der Waals surface area contributed by atoms with Gasteiger partial charge in [0.1, 0.15) is 0 Å². The van der Waals surface area contributed by atoms with Gasteiger partial charge in [0, 0.05) is 43.0 Å². The Morgan fingerprint density at radius 2 is 1.69 bits per heavy atom. The molecule has 0 spiro atoms. The van der Waals surface area contributed by atoms with Gasteiger partial charge in [-0.3, -0.25) is 14.4 Å². The van der Waals surface area contributed by atoms with Gasteiger partial charge >= 0.3 is 0 Å². The molecule has 2 aromatic rings. The third kappa shape index (κ3) is 3.44. The van der Waals surface area contributed by atoms with Crippen molar-refractivity contribution in [1.82, 2.24) is 0 Å². The van der Waals surface area contributed by atoms with E-state index in [2.05, 4.69) is 10.6 Å². The molecule has 1 heterocycles. The van der Waals surface area contributed by atoms with Crippen molar-refractivity contribution in [3.63, 3.8) is 0 Å². The van der Waals surface area contributed by atoms with Crippen molar-refractivity contribution >= 4 is 34.8 Å². The molecule has 6 heteroatoms. The zero-order chi connectivity index (χ0) is 18.8. The number of anilines is 3. The molecule has 1 aliphatic rings. The van der Waals surface area contributed by atoms with Crippen molar-refractivity contribution in [2.24, 2.45) is 0 Å². The van der Waals surface area contributed by atoms with E-state index in [4.69, 9.17) is 0 Å². The number of nitrogens with one attached hydrogen (secondary N) is 2. The lowest BCUT2D eigenvalue weighted by Crippen LogP contribution is -2.25. The quantitative estimate of drug-likeness (QED) is 0.892. The second-order valence-electron chi connectivity index (χ2n) is 6.38. The second-order valence-corrected chi connectivity index (χ2v) is 6.38. The Morgan fingerprint density at radius 1 is 1.00 bits per heavy atom. The molecule has 1 aliphatic heterocycles. The van der Waals surface area contributed by atoms with Gasteiger partial charge in [-0.15, -0.1) is 0 Å². The summed E-state index contributed by atoms with van der Waals surface area (Å²) in [4.78, 5) is 37.3. The number of fused-ring (bicyclic) bond motifs is 1. The van der Waals surface area contributed by atoms with Crippen LogP contribution < -0.4 is 15.5 Å². The van der Waals surface area contributed by atoms with Gasteiger partial charge < -0.3 is 15.5 Å². The molecular formula is C20H21N3O3. The van der Waals surface area contributed by atoms with E-state index in [9.17, 15) is 14.4 Å². The van der Waals surface area contributed by atoms with Crippen LogP contribution >= 0.6 is 0 Å². The zero-order valence-electron chi connectivity index (χ0n) is 15.1. The predicted molar refractivity (Wildman–Crippen MR) is 102 cm³/mol. The average Bonchev–Trinajstić information content (AvgIpc) is 3.01.